The number of carbonyl (C=O) groups excluding carboxylic acids is 2. The summed E-state index contributed by atoms with van der Waals surface area (Å²) in [6, 6.07) is 8.28. The SMILES string of the molecule is Cc1ccc(NC(=O)CSCC(=O)NCCNC2CCCCCC2)cc1. The van der Waals surface area contributed by atoms with Gasteiger partial charge in [-0.15, -0.1) is 11.8 Å². The van der Waals surface area contributed by atoms with E-state index in [-0.39, 0.29) is 17.6 Å². The third-order valence-electron chi connectivity index (χ3n) is 4.54. The Balaban J connectivity index is 1.50. The van der Waals surface area contributed by atoms with Gasteiger partial charge < -0.3 is 16.0 Å². The van der Waals surface area contributed by atoms with Crippen molar-refractivity contribution in [3.8, 4) is 0 Å². The molecule has 0 heterocycles. The van der Waals surface area contributed by atoms with Crippen LogP contribution in [-0.4, -0.2) is 42.5 Å². The second-order valence-electron chi connectivity index (χ2n) is 6.90. The summed E-state index contributed by atoms with van der Waals surface area (Å²) in [5, 5.41) is 9.29. The number of rotatable bonds is 9. The van der Waals surface area contributed by atoms with Crippen LogP contribution in [0.4, 0.5) is 5.69 Å². The Morgan fingerprint density at radius 1 is 0.962 bits per heavy atom. The molecule has 1 aliphatic carbocycles. The zero-order chi connectivity index (χ0) is 18.6. The monoisotopic (exact) mass is 377 g/mol. The predicted molar refractivity (Wildman–Crippen MR) is 110 cm³/mol. The third kappa shape index (κ3) is 8.72. The van der Waals surface area contributed by atoms with E-state index < -0.39 is 0 Å². The summed E-state index contributed by atoms with van der Waals surface area (Å²) in [5.74, 6) is 0.495. The molecule has 3 N–H and O–H groups in total. The van der Waals surface area contributed by atoms with Crippen molar-refractivity contribution in [2.45, 2.75) is 51.5 Å². The standard InChI is InChI=1S/C20H31N3O2S/c1-16-8-10-18(11-9-16)23-20(25)15-26-14-19(24)22-13-12-21-17-6-4-2-3-5-7-17/h8-11,17,21H,2-7,12-15H2,1H3,(H,22,24)(H,23,25). The summed E-state index contributed by atoms with van der Waals surface area (Å²) in [6.45, 7) is 3.46. The lowest BCUT2D eigenvalue weighted by Gasteiger charge is -2.16. The van der Waals surface area contributed by atoms with Crippen LogP contribution in [0.25, 0.3) is 0 Å². The minimum absolute atomic E-state index is 0.0131. The lowest BCUT2D eigenvalue weighted by Crippen LogP contribution is -2.37. The van der Waals surface area contributed by atoms with E-state index in [0.29, 0.717) is 18.3 Å². The molecule has 5 nitrogen and oxygen atoms in total. The van der Waals surface area contributed by atoms with Crippen LogP contribution in [-0.2, 0) is 9.59 Å². The van der Waals surface area contributed by atoms with E-state index >= 15 is 0 Å². The first-order valence-electron chi connectivity index (χ1n) is 9.58. The van der Waals surface area contributed by atoms with Crippen molar-refractivity contribution < 1.29 is 9.59 Å². The quantitative estimate of drug-likeness (QED) is 0.457. The van der Waals surface area contributed by atoms with Gasteiger partial charge in [0.1, 0.15) is 0 Å². The van der Waals surface area contributed by atoms with Gasteiger partial charge in [-0.3, -0.25) is 9.59 Å². The third-order valence-corrected chi connectivity index (χ3v) is 5.47. The highest BCUT2D eigenvalue weighted by atomic mass is 32.2. The number of carbonyl (C=O) groups is 2. The van der Waals surface area contributed by atoms with Crippen LogP contribution >= 0.6 is 11.8 Å². The van der Waals surface area contributed by atoms with Crippen molar-refractivity contribution in [2.24, 2.45) is 0 Å². The number of anilines is 1. The Bertz CT molecular complexity index is 555. The van der Waals surface area contributed by atoms with Gasteiger partial charge in [-0.2, -0.15) is 0 Å². The van der Waals surface area contributed by atoms with E-state index in [1.165, 1.54) is 50.3 Å². The fourth-order valence-electron chi connectivity index (χ4n) is 3.08. The Hall–Kier alpha value is -1.53. The molecule has 0 unspecified atom stereocenters. The molecule has 1 aliphatic rings. The molecule has 0 saturated heterocycles. The first-order valence-corrected chi connectivity index (χ1v) is 10.7. The van der Waals surface area contributed by atoms with Crippen molar-refractivity contribution in [3.05, 3.63) is 29.8 Å². The summed E-state index contributed by atoms with van der Waals surface area (Å²) in [4.78, 5) is 23.7. The average molecular weight is 378 g/mol. The zero-order valence-corrected chi connectivity index (χ0v) is 16.5. The smallest absolute Gasteiger partial charge is 0.234 e. The summed E-state index contributed by atoms with van der Waals surface area (Å²) in [7, 11) is 0. The average Bonchev–Trinajstić information content (AvgIpc) is 2.89. The van der Waals surface area contributed by atoms with Gasteiger partial charge in [0.15, 0.2) is 0 Å². The van der Waals surface area contributed by atoms with Crippen LogP contribution in [0.5, 0.6) is 0 Å². The van der Waals surface area contributed by atoms with E-state index in [9.17, 15) is 9.59 Å². The highest BCUT2D eigenvalue weighted by Gasteiger charge is 2.11. The van der Waals surface area contributed by atoms with Crippen molar-refractivity contribution >= 4 is 29.3 Å². The van der Waals surface area contributed by atoms with Crippen LogP contribution in [0.2, 0.25) is 0 Å². The maximum absolute atomic E-state index is 11.9. The molecule has 0 aromatic heterocycles. The number of hydrogen-bond donors (Lipinski definition) is 3. The van der Waals surface area contributed by atoms with Gasteiger partial charge in [0.2, 0.25) is 11.8 Å². The van der Waals surface area contributed by atoms with Gasteiger partial charge in [-0.05, 0) is 31.9 Å². The van der Waals surface area contributed by atoms with Crippen molar-refractivity contribution in [1.82, 2.24) is 10.6 Å². The molecule has 2 rings (SSSR count). The molecule has 0 radical (unpaired) electrons. The molecule has 1 saturated carbocycles. The van der Waals surface area contributed by atoms with Crippen LogP contribution in [0, 0.1) is 6.92 Å². The Kier molecular flexibility index (Phi) is 9.56. The number of aryl methyl sites for hydroxylation is 1. The lowest BCUT2D eigenvalue weighted by molar-refractivity contribution is -0.118. The van der Waals surface area contributed by atoms with Crippen molar-refractivity contribution in [2.75, 3.05) is 29.9 Å². The molecule has 1 aromatic rings. The maximum Gasteiger partial charge on any atom is 0.234 e. The van der Waals surface area contributed by atoms with Crippen LogP contribution in [0.1, 0.15) is 44.1 Å². The van der Waals surface area contributed by atoms with E-state index in [4.69, 9.17) is 0 Å². The molecule has 0 bridgehead atoms. The summed E-state index contributed by atoms with van der Waals surface area (Å²) < 4.78 is 0. The van der Waals surface area contributed by atoms with E-state index in [1.807, 2.05) is 31.2 Å². The number of nitrogens with one attached hydrogen (secondary N) is 3. The molecular weight excluding hydrogens is 346 g/mol. The molecule has 6 heteroatoms. The molecule has 0 aliphatic heterocycles. The molecule has 1 fully saturated rings. The second kappa shape index (κ2) is 12.0. The summed E-state index contributed by atoms with van der Waals surface area (Å²) >= 11 is 1.34. The van der Waals surface area contributed by atoms with Crippen molar-refractivity contribution in [1.29, 1.82) is 0 Å². The van der Waals surface area contributed by atoms with Crippen LogP contribution in [0.3, 0.4) is 0 Å². The van der Waals surface area contributed by atoms with Crippen LogP contribution in [0.15, 0.2) is 24.3 Å². The summed E-state index contributed by atoms with van der Waals surface area (Å²) in [6.07, 6.45) is 7.82. The summed E-state index contributed by atoms with van der Waals surface area (Å²) in [5.41, 5.74) is 1.94. The predicted octanol–water partition coefficient (Wildman–Crippen LogP) is 3.10. The lowest BCUT2D eigenvalue weighted by atomic mass is 10.1. The molecular formula is C20H31N3O2S. The first kappa shape index (κ1) is 20.8. The molecule has 1 aromatic carbocycles. The Labute approximate surface area is 161 Å². The van der Waals surface area contributed by atoms with E-state index in [1.54, 1.807) is 0 Å². The molecule has 0 atom stereocenters. The number of hydrogen-bond acceptors (Lipinski definition) is 4. The van der Waals surface area contributed by atoms with E-state index in [2.05, 4.69) is 16.0 Å². The fourth-order valence-corrected chi connectivity index (χ4v) is 3.73. The molecule has 144 valence electrons. The minimum atomic E-state index is -0.0818. The van der Waals surface area contributed by atoms with Gasteiger partial charge in [0.05, 0.1) is 11.5 Å². The highest BCUT2D eigenvalue weighted by molar-refractivity contribution is 8.00. The van der Waals surface area contributed by atoms with Gasteiger partial charge in [-0.25, -0.2) is 0 Å². The largest absolute Gasteiger partial charge is 0.354 e. The number of benzene rings is 1. The molecule has 26 heavy (non-hydrogen) atoms. The minimum Gasteiger partial charge on any atom is -0.354 e. The highest BCUT2D eigenvalue weighted by Crippen LogP contribution is 2.16. The Morgan fingerprint density at radius 2 is 1.62 bits per heavy atom. The van der Waals surface area contributed by atoms with Gasteiger partial charge in [-0.1, -0.05) is 43.4 Å². The normalized spacial score (nSPS) is 15.3. The van der Waals surface area contributed by atoms with Gasteiger partial charge in [0.25, 0.3) is 0 Å². The van der Waals surface area contributed by atoms with Gasteiger partial charge >= 0.3 is 0 Å². The van der Waals surface area contributed by atoms with E-state index in [0.717, 1.165) is 17.8 Å². The maximum atomic E-state index is 11.9. The number of amides is 2. The van der Waals surface area contributed by atoms with Crippen molar-refractivity contribution in [3.63, 3.8) is 0 Å². The van der Waals surface area contributed by atoms with Crippen LogP contribution < -0.4 is 16.0 Å². The topological polar surface area (TPSA) is 70.2 Å². The second-order valence-corrected chi connectivity index (χ2v) is 7.89. The first-order chi connectivity index (χ1) is 12.6. The fraction of sp³-hybridized carbons (Fsp3) is 0.600. The van der Waals surface area contributed by atoms with Gasteiger partial charge in [0, 0.05) is 24.8 Å². The molecule has 2 amide bonds. The Morgan fingerprint density at radius 3 is 2.31 bits per heavy atom. The zero-order valence-electron chi connectivity index (χ0n) is 15.7. The number of thioether (sulfide) groups is 1. The molecule has 0 spiro atoms.